The molecule has 0 saturated carbocycles. The molecule has 0 heterocycles. The van der Waals surface area contributed by atoms with Crippen molar-refractivity contribution in [3.63, 3.8) is 0 Å². The fourth-order valence-corrected chi connectivity index (χ4v) is 1.88. The number of carbonyl (C=O) groups is 1. The lowest BCUT2D eigenvalue weighted by atomic mass is 10.2. The number of aryl methyl sites for hydroxylation is 1. The third kappa shape index (κ3) is 2.66. The van der Waals surface area contributed by atoms with Crippen LogP contribution in [0.2, 0.25) is 0 Å². The van der Waals surface area contributed by atoms with E-state index in [9.17, 15) is 9.00 Å². The van der Waals surface area contributed by atoms with E-state index in [1.54, 1.807) is 12.1 Å². The van der Waals surface area contributed by atoms with Gasteiger partial charge in [-0.25, -0.2) is 4.21 Å². The monoisotopic (exact) mass is 197 g/mol. The van der Waals surface area contributed by atoms with E-state index in [-0.39, 0.29) is 5.91 Å². The van der Waals surface area contributed by atoms with Gasteiger partial charge in [-0.05, 0) is 18.6 Å². The van der Waals surface area contributed by atoms with Crippen molar-refractivity contribution in [2.24, 2.45) is 0 Å². The second-order valence-corrected chi connectivity index (χ2v) is 3.87. The Kier molecular flexibility index (Phi) is 3.19. The van der Waals surface area contributed by atoms with Gasteiger partial charge in [-0.15, -0.1) is 0 Å². The maximum absolute atomic E-state index is 11.5. The predicted molar refractivity (Wildman–Crippen MR) is 51.4 cm³/mol. The van der Waals surface area contributed by atoms with Gasteiger partial charge in [0.05, 0.1) is 4.90 Å². The Bertz CT molecular complexity index is 349. The Hall–Kier alpha value is -1.16. The van der Waals surface area contributed by atoms with Gasteiger partial charge in [-0.1, -0.05) is 18.2 Å². The lowest BCUT2D eigenvalue weighted by Gasteiger charge is -2.04. The molecular formula is C9H11NO2S. The average Bonchev–Trinajstić information content (AvgIpc) is 2.03. The smallest absolute Gasteiger partial charge is 0.228 e. The largest absolute Gasteiger partial charge is 0.274 e. The molecular weight excluding hydrogens is 186 g/mol. The van der Waals surface area contributed by atoms with E-state index in [0.717, 1.165) is 5.56 Å². The first-order valence-electron chi connectivity index (χ1n) is 3.86. The molecule has 1 unspecified atom stereocenters. The molecule has 13 heavy (non-hydrogen) atoms. The number of amides is 1. The maximum Gasteiger partial charge on any atom is 0.228 e. The van der Waals surface area contributed by atoms with Crippen LogP contribution >= 0.6 is 0 Å². The summed E-state index contributed by atoms with van der Waals surface area (Å²) >= 11 is 0. The Balaban J connectivity index is 2.89. The molecule has 0 bridgehead atoms. The van der Waals surface area contributed by atoms with Crippen molar-refractivity contribution in [2.45, 2.75) is 18.7 Å². The normalized spacial score (nSPS) is 12.2. The van der Waals surface area contributed by atoms with Crippen LogP contribution in [0.15, 0.2) is 29.2 Å². The van der Waals surface area contributed by atoms with Gasteiger partial charge >= 0.3 is 0 Å². The zero-order valence-corrected chi connectivity index (χ0v) is 8.35. The summed E-state index contributed by atoms with van der Waals surface area (Å²) in [6.45, 7) is 3.20. The molecule has 70 valence electrons. The van der Waals surface area contributed by atoms with E-state index in [1.807, 2.05) is 19.1 Å². The molecule has 1 rings (SSSR count). The molecule has 0 spiro atoms. The average molecular weight is 197 g/mol. The molecule has 1 aromatic carbocycles. The molecule has 0 saturated heterocycles. The molecule has 0 aliphatic heterocycles. The van der Waals surface area contributed by atoms with Crippen molar-refractivity contribution in [1.29, 1.82) is 0 Å². The summed E-state index contributed by atoms with van der Waals surface area (Å²) < 4.78 is 13.8. The molecule has 1 atom stereocenters. The van der Waals surface area contributed by atoms with Gasteiger partial charge in [0, 0.05) is 6.92 Å². The van der Waals surface area contributed by atoms with Crippen LogP contribution in [-0.2, 0) is 15.8 Å². The minimum atomic E-state index is -1.42. The number of benzene rings is 1. The number of carbonyl (C=O) groups excluding carboxylic acids is 1. The Morgan fingerprint density at radius 1 is 1.38 bits per heavy atom. The lowest BCUT2D eigenvalue weighted by molar-refractivity contribution is -0.117. The zero-order valence-electron chi connectivity index (χ0n) is 7.53. The van der Waals surface area contributed by atoms with Crippen LogP contribution in [0.3, 0.4) is 0 Å². The first-order chi connectivity index (χ1) is 6.11. The van der Waals surface area contributed by atoms with Gasteiger partial charge in [0.2, 0.25) is 5.91 Å². The quantitative estimate of drug-likeness (QED) is 0.773. The van der Waals surface area contributed by atoms with Crippen LogP contribution in [0.1, 0.15) is 12.5 Å². The van der Waals surface area contributed by atoms with Crippen molar-refractivity contribution in [3.05, 3.63) is 29.8 Å². The highest BCUT2D eigenvalue weighted by molar-refractivity contribution is 7.83. The summed E-state index contributed by atoms with van der Waals surface area (Å²) in [6.07, 6.45) is 0. The van der Waals surface area contributed by atoms with Crippen molar-refractivity contribution in [2.75, 3.05) is 0 Å². The summed E-state index contributed by atoms with van der Waals surface area (Å²) in [4.78, 5) is 11.3. The molecule has 1 amide bonds. The SMILES string of the molecule is CC(=O)NS(=O)c1ccccc1C. The summed E-state index contributed by atoms with van der Waals surface area (Å²) in [7, 11) is -1.42. The van der Waals surface area contributed by atoms with Gasteiger partial charge in [0.15, 0.2) is 11.0 Å². The van der Waals surface area contributed by atoms with E-state index in [2.05, 4.69) is 4.72 Å². The van der Waals surface area contributed by atoms with E-state index in [0.29, 0.717) is 4.90 Å². The van der Waals surface area contributed by atoms with Crippen LogP contribution in [0.4, 0.5) is 0 Å². The van der Waals surface area contributed by atoms with E-state index < -0.39 is 11.0 Å². The highest BCUT2D eigenvalue weighted by Gasteiger charge is 2.06. The first kappa shape index (κ1) is 9.92. The molecule has 0 fully saturated rings. The topological polar surface area (TPSA) is 46.2 Å². The molecule has 0 aromatic heterocycles. The van der Waals surface area contributed by atoms with Crippen LogP contribution < -0.4 is 4.72 Å². The fraction of sp³-hybridized carbons (Fsp3) is 0.222. The van der Waals surface area contributed by atoms with Crippen molar-refractivity contribution < 1.29 is 9.00 Å². The van der Waals surface area contributed by atoms with Gasteiger partial charge in [0.1, 0.15) is 0 Å². The van der Waals surface area contributed by atoms with E-state index in [1.165, 1.54) is 6.92 Å². The summed E-state index contributed by atoms with van der Waals surface area (Å²) in [6, 6.07) is 7.25. The molecule has 1 N–H and O–H groups in total. The third-order valence-corrected chi connectivity index (χ3v) is 2.86. The molecule has 0 aliphatic rings. The molecule has 3 nitrogen and oxygen atoms in total. The molecule has 0 aliphatic carbocycles. The number of rotatable bonds is 2. The van der Waals surface area contributed by atoms with Crippen LogP contribution in [0.5, 0.6) is 0 Å². The van der Waals surface area contributed by atoms with Crippen molar-refractivity contribution in [1.82, 2.24) is 4.72 Å². The zero-order chi connectivity index (χ0) is 9.84. The summed E-state index contributed by atoms with van der Waals surface area (Å²) in [5.41, 5.74) is 0.912. The second-order valence-electron chi connectivity index (χ2n) is 2.69. The Labute approximate surface area is 79.7 Å². The second kappa shape index (κ2) is 4.18. The van der Waals surface area contributed by atoms with Crippen LogP contribution in [-0.4, -0.2) is 10.1 Å². The van der Waals surface area contributed by atoms with Crippen molar-refractivity contribution >= 4 is 16.9 Å². The Morgan fingerprint density at radius 3 is 2.54 bits per heavy atom. The van der Waals surface area contributed by atoms with Crippen LogP contribution in [0, 0.1) is 6.92 Å². The van der Waals surface area contributed by atoms with Gasteiger partial charge in [0.25, 0.3) is 0 Å². The van der Waals surface area contributed by atoms with Crippen molar-refractivity contribution in [3.8, 4) is 0 Å². The van der Waals surface area contributed by atoms with E-state index >= 15 is 0 Å². The minimum absolute atomic E-state index is 0.290. The summed E-state index contributed by atoms with van der Waals surface area (Å²) in [5, 5.41) is 0. The number of nitrogens with one attached hydrogen (secondary N) is 1. The molecule has 0 radical (unpaired) electrons. The highest BCUT2D eigenvalue weighted by Crippen LogP contribution is 2.09. The molecule has 1 aromatic rings. The third-order valence-electron chi connectivity index (χ3n) is 1.53. The van der Waals surface area contributed by atoms with E-state index in [4.69, 9.17) is 0 Å². The fourth-order valence-electron chi connectivity index (χ4n) is 0.950. The minimum Gasteiger partial charge on any atom is -0.274 e. The Morgan fingerprint density at radius 2 is 2.00 bits per heavy atom. The van der Waals surface area contributed by atoms with Crippen LogP contribution in [0.25, 0.3) is 0 Å². The highest BCUT2D eigenvalue weighted by atomic mass is 32.2. The number of hydrogen-bond acceptors (Lipinski definition) is 2. The number of hydrogen-bond donors (Lipinski definition) is 1. The van der Waals surface area contributed by atoms with Gasteiger partial charge in [-0.3, -0.25) is 9.52 Å². The first-order valence-corrected chi connectivity index (χ1v) is 5.01. The predicted octanol–water partition coefficient (Wildman–Crippen LogP) is 1.15. The van der Waals surface area contributed by atoms with Gasteiger partial charge < -0.3 is 0 Å². The maximum atomic E-state index is 11.5. The lowest BCUT2D eigenvalue weighted by Crippen LogP contribution is -2.22. The van der Waals surface area contributed by atoms with Gasteiger partial charge in [-0.2, -0.15) is 0 Å². The standard InChI is InChI=1S/C9H11NO2S/c1-7-5-3-4-6-9(7)13(12)10-8(2)11/h3-6H,1-2H3,(H,10,11). The molecule has 4 heteroatoms. The summed E-state index contributed by atoms with van der Waals surface area (Å²) in [5.74, 6) is -0.290.